The average Bonchev–Trinajstić information content (AvgIpc) is 3.29. The standard InChI is InChI=1S/C18H20N4O2/c23-18(19-11-14-5-3-9-24-14)15-10-17(21-12-20-15)22-8-7-13-4-1-2-6-16(13)22/h1-2,4,6,10,12,14H,3,5,7-9,11H2,(H,19,23). The monoisotopic (exact) mass is 324 g/mol. The van der Waals surface area contributed by atoms with E-state index in [2.05, 4.69) is 32.3 Å². The molecule has 1 aromatic carbocycles. The molecule has 3 heterocycles. The number of benzene rings is 1. The summed E-state index contributed by atoms with van der Waals surface area (Å²) in [7, 11) is 0. The molecule has 0 aliphatic carbocycles. The Labute approximate surface area is 140 Å². The minimum Gasteiger partial charge on any atom is -0.376 e. The number of aromatic nitrogens is 2. The predicted molar refractivity (Wildman–Crippen MR) is 90.5 cm³/mol. The SMILES string of the molecule is O=C(NCC1CCCO1)c1cc(N2CCc3ccccc32)ncn1. The number of ether oxygens (including phenoxy) is 1. The van der Waals surface area contributed by atoms with Crippen LogP contribution in [0.5, 0.6) is 0 Å². The molecule has 124 valence electrons. The van der Waals surface area contributed by atoms with Gasteiger partial charge < -0.3 is 15.0 Å². The van der Waals surface area contributed by atoms with Crippen LogP contribution in [-0.4, -0.2) is 41.7 Å². The first-order valence-electron chi connectivity index (χ1n) is 8.38. The Morgan fingerprint density at radius 3 is 3.12 bits per heavy atom. The number of fused-ring (bicyclic) bond motifs is 1. The molecule has 1 atom stereocenters. The minimum atomic E-state index is -0.179. The average molecular weight is 324 g/mol. The summed E-state index contributed by atoms with van der Waals surface area (Å²) in [5, 5.41) is 2.91. The van der Waals surface area contributed by atoms with Gasteiger partial charge in [0.25, 0.3) is 5.91 Å². The van der Waals surface area contributed by atoms with Crippen molar-refractivity contribution >= 4 is 17.4 Å². The number of nitrogens with zero attached hydrogens (tertiary/aromatic N) is 3. The Morgan fingerprint density at radius 1 is 1.33 bits per heavy atom. The van der Waals surface area contributed by atoms with Crippen LogP contribution in [0.25, 0.3) is 0 Å². The second-order valence-corrected chi connectivity index (χ2v) is 6.14. The second-order valence-electron chi connectivity index (χ2n) is 6.14. The van der Waals surface area contributed by atoms with Crippen LogP contribution < -0.4 is 10.2 Å². The van der Waals surface area contributed by atoms with Crippen LogP contribution >= 0.6 is 0 Å². The summed E-state index contributed by atoms with van der Waals surface area (Å²) in [5.74, 6) is 0.582. The van der Waals surface area contributed by atoms with E-state index >= 15 is 0 Å². The first-order chi connectivity index (χ1) is 11.8. The molecule has 1 saturated heterocycles. The fourth-order valence-corrected chi connectivity index (χ4v) is 3.30. The van der Waals surface area contributed by atoms with Gasteiger partial charge in [0.05, 0.1) is 6.10 Å². The highest BCUT2D eigenvalue weighted by molar-refractivity contribution is 5.93. The van der Waals surface area contributed by atoms with Gasteiger partial charge in [0.1, 0.15) is 17.8 Å². The molecule has 0 saturated carbocycles. The third kappa shape index (κ3) is 2.97. The highest BCUT2D eigenvalue weighted by Gasteiger charge is 2.22. The van der Waals surface area contributed by atoms with Crippen molar-refractivity contribution in [3.63, 3.8) is 0 Å². The molecular formula is C18H20N4O2. The van der Waals surface area contributed by atoms with E-state index in [0.717, 1.165) is 43.9 Å². The molecule has 4 rings (SSSR count). The van der Waals surface area contributed by atoms with Crippen LogP contribution in [0.3, 0.4) is 0 Å². The van der Waals surface area contributed by atoms with Gasteiger partial charge in [-0.25, -0.2) is 9.97 Å². The van der Waals surface area contributed by atoms with E-state index in [1.165, 1.54) is 11.9 Å². The lowest BCUT2D eigenvalue weighted by Gasteiger charge is -2.18. The number of nitrogens with one attached hydrogen (secondary N) is 1. The molecule has 6 heteroatoms. The highest BCUT2D eigenvalue weighted by atomic mass is 16.5. The highest BCUT2D eigenvalue weighted by Crippen LogP contribution is 2.32. The fraction of sp³-hybridized carbons (Fsp3) is 0.389. The number of rotatable bonds is 4. The van der Waals surface area contributed by atoms with Crippen molar-refractivity contribution in [1.82, 2.24) is 15.3 Å². The van der Waals surface area contributed by atoms with Crippen LogP contribution in [0.4, 0.5) is 11.5 Å². The van der Waals surface area contributed by atoms with Gasteiger partial charge in [-0.2, -0.15) is 0 Å². The molecule has 2 aliphatic rings. The lowest BCUT2D eigenvalue weighted by Crippen LogP contribution is -2.32. The number of amides is 1. The van der Waals surface area contributed by atoms with Crippen molar-refractivity contribution in [3.05, 3.63) is 47.9 Å². The number of hydrogen-bond acceptors (Lipinski definition) is 5. The summed E-state index contributed by atoms with van der Waals surface area (Å²) >= 11 is 0. The molecule has 1 N–H and O–H groups in total. The third-order valence-corrected chi connectivity index (χ3v) is 4.56. The van der Waals surface area contributed by atoms with Crippen LogP contribution in [0.15, 0.2) is 36.7 Å². The quantitative estimate of drug-likeness (QED) is 0.932. The minimum absolute atomic E-state index is 0.126. The zero-order valence-electron chi connectivity index (χ0n) is 13.4. The van der Waals surface area contributed by atoms with Gasteiger partial charge in [0.15, 0.2) is 0 Å². The van der Waals surface area contributed by atoms with Gasteiger partial charge in [0, 0.05) is 31.5 Å². The molecule has 0 radical (unpaired) electrons. The van der Waals surface area contributed by atoms with Gasteiger partial charge in [-0.15, -0.1) is 0 Å². The molecule has 0 spiro atoms. The first-order valence-corrected chi connectivity index (χ1v) is 8.38. The summed E-state index contributed by atoms with van der Waals surface area (Å²) in [6.07, 6.45) is 4.63. The Morgan fingerprint density at radius 2 is 2.25 bits per heavy atom. The molecule has 6 nitrogen and oxygen atoms in total. The van der Waals surface area contributed by atoms with Crippen molar-refractivity contribution < 1.29 is 9.53 Å². The van der Waals surface area contributed by atoms with Gasteiger partial charge in [-0.1, -0.05) is 18.2 Å². The van der Waals surface area contributed by atoms with E-state index in [1.807, 2.05) is 12.1 Å². The molecule has 1 fully saturated rings. The van der Waals surface area contributed by atoms with Crippen molar-refractivity contribution in [2.45, 2.75) is 25.4 Å². The number of para-hydroxylation sites is 1. The van der Waals surface area contributed by atoms with E-state index in [-0.39, 0.29) is 12.0 Å². The normalized spacial score (nSPS) is 19.3. The third-order valence-electron chi connectivity index (χ3n) is 4.56. The Kier molecular flexibility index (Phi) is 4.13. The maximum atomic E-state index is 12.3. The van der Waals surface area contributed by atoms with Crippen LogP contribution in [-0.2, 0) is 11.2 Å². The Hall–Kier alpha value is -2.47. The summed E-state index contributed by atoms with van der Waals surface area (Å²) < 4.78 is 5.53. The topological polar surface area (TPSA) is 67.3 Å². The van der Waals surface area contributed by atoms with Crippen LogP contribution in [0.1, 0.15) is 28.9 Å². The van der Waals surface area contributed by atoms with E-state index in [9.17, 15) is 4.79 Å². The van der Waals surface area contributed by atoms with E-state index in [1.54, 1.807) is 6.07 Å². The summed E-state index contributed by atoms with van der Waals surface area (Å²) in [6, 6.07) is 10.0. The number of hydrogen-bond donors (Lipinski definition) is 1. The fourth-order valence-electron chi connectivity index (χ4n) is 3.30. The Bertz CT molecular complexity index is 743. The van der Waals surface area contributed by atoms with Crippen molar-refractivity contribution in [3.8, 4) is 0 Å². The largest absolute Gasteiger partial charge is 0.376 e. The van der Waals surface area contributed by atoms with Gasteiger partial charge in [-0.3, -0.25) is 4.79 Å². The maximum absolute atomic E-state index is 12.3. The molecule has 2 aliphatic heterocycles. The summed E-state index contributed by atoms with van der Waals surface area (Å²) in [4.78, 5) is 22.9. The summed E-state index contributed by atoms with van der Waals surface area (Å²) in [6.45, 7) is 2.19. The molecular weight excluding hydrogens is 304 g/mol. The predicted octanol–water partition coefficient (Wildman–Crippen LogP) is 2.08. The molecule has 1 unspecified atom stereocenters. The van der Waals surface area contributed by atoms with Crippen molar-refractivity contribution in [2.75, 3.05) is 24.6 Å². The maximum Gasteiger partial charge on any atom is 0.270 e. The molecule has 1 amide bonds. The first kappa shape index (κ1) is 15.1. The second kappa shape index (κ2) is 6.57. The lowest BCUT2D eigenvalue weighted by molar-refractivity contribution is 0.0853. The number of carbonyl (C=O) groups excluding carboxylic acids is 1. The van der Waals surface area contributed by atoms with Gasteiger partial charge >= 0.3 is 0 Å². The van der Waals surface area contributed by atoms with Crippen molar-refractivity contribution in [2.24, 2.45) is 0 Å². The molecule has 1 aromatic heterocycles. The van der Waals surface area contributed by atoms with E-state index in [4.69, 9.17) is 4.74 Å². The lowest BCUT2D eigenvalue weighted by atomic mass is 10.2. The zero-order chi connectivity index (χ0) is 16.4. The number of carbonyl (C=O) groups is 1. The number of anilines is 2. The van der Waals surface area contributed by atoms with Gasteiger partial charge in [0.2, 0.25) is 0 Å². The molecule has 0 bridgehead atoms. The van der Waals surface area contributed by atoms with Gasteiger partial charge in [-0.05, 0) is 30.9 Å². The zero-order valence-corrected chi connectivity index (χ0v) is 13.4. The molecule has 2 aromatic rings. The van der Waals surface area contributed by atoms with Crippen LogP contribution in [0, 0.1) is 0 Å². The van der Waals surface area contributed by atoms with E-state index < -0.39 is 0 Å². The Balaban J connectivity index is 1.48. The van der Waals surface area contributed by atoms with Crippen LogP contribution in [0.2, 0.25) is 0 Å². The van der Waals surface area contributed by atoms with E-state index in [0.29, 0.717) is 12.2 Å². The summed E-state index contributed by atoms with van der Waals surface area (Å²) in [5.41, 5.74) is 2.85. The smallest absolute Gasteiger partial charge is 0.270 e. The molecule has 24 heavy (non-hydrogen) atoms. The van der Waals surface area contributed by atoms with Crippen molar-refractivity contribution in [1.29, 1.82) is 0 Å².